The molecular formula is C15H21BrFNO. The lowest BCUT2D eigenvalue weighted by Crippen LogP contribution is -2.44. The van der Waals surface area contributed by atoms with Crippen LogP contribution >= 0.6 is 15.9 Å². The molecule has 4 heteroatoms. The minimum atomic E-state index is -0.280. The van der Waals surface area contributed by atoms with Crippen molar-refractivity contribution in [3.8, 4) is 0 Å². The summed E-state index contributed by atoms with van der Waals surface area (Å²) in [5, 5.41) is 3.41. The van der Waals surface area contributed by atoms with E-state index in [1.54, 1.807) is 13.2 Å². The number of nitrogens with one attached hydrogen (secondary N) is 1. The lowest BCUT2D eigenvalue weighted by atomic mass is 9.86. The predicted octanol–water partition coefficient (Wildman–Crippen LogP) is 4.20. The first-order chi connectivity index (χ1) is 9.14. The van der Waals surface area contributed by atoms with Gasteiger partial charge in [-0.1, -0.05) is 31.9 Å². The second-order valence-corrected chi connectivity index (χ2v) is 5.96. The normalized spacial score (nSPS) is 19.6. The maximum atomic E-state index is 14.4. The van der Waals surface area contributed by atoms with Crippen LogP contribution in [0.3, 0.4) is 0 Å². The Balaban J connectivity index is 2.41. The molecular weight excluding hydrogens is 309 g/mol. The number of halogens is 2. The van der Waals surface area contributed by atoms with Crippen molar-refractivity contribution in [2.24, 2.45) is 0 Å². The van der Waals surface area contributed by atoms with E-state index in [-0.39, 0.29) is 17.5 Å². The molecule has 0 bridgehead atoms. The van der Waals surface area contributed by atoms with E-state index < -0.39 is 0 Å². The number of hydrogen-bond donors (Lipinski definition) is 1. The third kappa shape index (κ3) is 2.86. The van der Waals surface area contributed by atoms with Gasteiger partial charge in [0, 0.05) is 12.7 Å². The summed E-state index contributed by atoms with van der Waals surface area (Å²) in [5.41, 5.74) is 0.414. The van der Waals surface area contributed by atoms with E-state index in [1.165, 1.54) is 0 Å². The number of ether oxygens (including phenoxy) is 1. The highest BCUT2D eigenvalue weighted by Crippen LogP contribution is 2.43. The SMILES string of the molecule is CCNC(c1cccc(Br)c1F)C1(OC)CCCC1. The number of methoxy groups -OCH3 is 1. The molecule has 0 spiro atoms. The first-order valence-corrected chi connectivity index (χ1v) is 7.66. The molecule has 0 aliphatic heterocycles. The van der Waals surface area contributed by atoms with Crippen LogP contribution in [0, 0.1) is 5.82 Å². The van der Waals surface area contributed by atoms with Gasteiger partial charge < -0.3 is 10.1 Å². The molecule has 1 aliphatic carbocycles. The van der Waals surface area contributed by atoms with Gasteiger partial charge in [-0.05, 0) is 41.4 Å². The molecule has 2 rings (SSSR count). The van der Waals surface area contributed by atoms with Gasteiger partial charge in [-0.25, -0.2) is 4.39 Å². The Morgan fingerprint density at radius 1 is 1.42 bits per heavy atom. The zero-order valence-electron chi connectivity index (χ0n) is 11.5. The molecule has 0 heterocycles. The topological polar surface area (TPSA) is 21.3 Å². The molecule has 1 fully saturated rings. The lowest BCUT2D eigenvalue weighted by molar-refractivity contribution is -0.0372. The third-order valence-electron chi connectivity index (χ3n) is 4.08. The molecule has 1 N–H and O–H groups in total. The fraction of sp³-hybridized carbons (Fsp3) is 0.600. The summed E-state index contributed by atoms with van der Waals surface area (Å²) >= 11 is 3.27. The van der Waals surface area contributed by atoms with Gasteiger partial charge in [0.1, 0.15) is 5.82 Å². The van der Waals surface area contributed by atoms with E-state index in [2.05, 4.69) is 21.2 Å². The highest BCUT2D eigenvalue weighted by atomic mass is 79.9. The van der Waals surface area contributed by atoms with E-state index >= 15 is 0 Å². The molecule has 1 aromatic carbocycles. The van der Waals surface area contributed by atoms with Crippen LogP contribution in [0.15, 0.2) is 22.7 Å². The van der Waals surface area contributed by atoms with Crippen LogP contribution in [-0.2, 0) is 4.74 Å². The molecule has 1 unspecified atom stereocenters. The number of benzene rings is 1. The van der Waals surface area contributed by atoms with E-state index in [9.17, 15) is 4.39 Å². The van der Waals surface area contributed by atoms with Crippen molar-refractivity contribution in [3.63, 3.8) is 0 Å². The Morgan fingerprint density at radius 3 is 2.68 bits per heavy atom. The van der Waals surface area contributed by atoms with Gasteiger partial charge in [0.15, 0.2) is 0 Å². The van der Waals surface area contributed by atoms with E-state index in [0.717, 1.165) is 32.2 Å². The van der Waals surface area contributed by atoms with Gasteiger partial charge in [-0.2, -0.15) is 0 Å². The van der Waals surface area contributed by atoms with Gasteiger partial charge in [0.2, 0.25) is 0 Å². The number of hydrogen-bond acceptors (Lipinski definition) is 2. The van der Waals surface area contributed by atoms with E-state index in [0.29, 0.717) is 10.0 Å². The summed E-state index contributed by atoms with van der Waals surface area (Å²) in [6.07, 6.45) is 4.25. The average molecular weight is 330 g/mol. The van der Waals surface area contributed by atoms with Crippen LogP contribution in [0.5, 0.6) is 0 Å². The Kier molecular flexibility index (Phi) is 4.98. The lowest BCUT2D eigenvalue weighted by Gasteiger charge is -2.37. The Hall–Kier alpha value is -0.450. The fourth-order valence-corrected chi connectivity index (χ4v) is 3.49. The quantitative estimate of drug-likeness (QED) is 0.874. The van der Waals surface area contributed by atoms with Crippen molar-refractivity contribution < 1.29 is 9.13 Å². The summed E-state index contributed by atoms with van der Waals surface area (Å²) in [7, 11) is 1.74. The zero-order valence-corrected chi connectivity index (χ0v) is 13.1. The van der Waals surface area contributed by atoms with E-state index in [1.807, 2.05) is 19.1 Å². The largest absolute Gasteiger partial charge is 0.376 e. The van der Waals surface area contributed by atoms with Crippen molar-refractivity contribution in [3.05, 3.63) is 34.1 Å². The molecule has 106 valence electrons. The highest BCUT2D eigenvalue weighted by molar-refractivity contribution is 9.10. The van der Waals surface area contributed by atoms with Gasteiger partial charge >= 0.3 is 0 Å². The van der Waals surface area contributed by atoms with Gasteiger partial charge in [0.25, 0.3) is 0 Å². The van der Waals surface area contributed by atoms with Crippen LogP contribution in [-0.4, -0.2) is 19.3 Å². The number of rotatable bonds is 5. The monoisotopic (exact) mass is 329 g/mol. The third-order valence-corrected chi connectivity index (χ3v) is 4.70. The Bertz CT molecular complexity index is 432. The first kappa shape index (κ1) is 14.9. The summed E-state index contributed by atoms with van der Waals surface area (Å²) < 4.78 is 20.7. The van der Waals surface area contributed by atoms with E-state index in [4.69, 9.17) is 4.74 Å². The highest BCUT2D eigenvalue weighted by Gasteiger charge is 2.43. The summed E-state index contributed by atoms with van der Waals surface area (Å²) in [6, 6.07) is 5.37. The van der Waals surface area contributed by atoms with Crippen LogP contribution in [0.4, 0.5) is 4.39 Å². The van der Waals surface area contributed by atoms with Crippen molar-refractivity contribution in [2.45, 2.75) is 44.2 Å². The van der Waals surface area contributed by atoms with Crippen molar-refractivity contribution in [1.29, 1.82) is 0 Å². The molecule has 1 aliphatic rings. The van der Waals surface area contributed by atoms with Crippen LogP contribution in [0.25, 0.3) is 0 Å². The number of likely N-dealkylation sites (N-methyl/N-ethyl adjacent to an activating group) is 1. The summed E-state index contributed by atoms with van der Waals surface area (Å²) in [4.78, 5) is 0. The van der Waals surface area contributed by atoms with Crippen molar-refractivity contribution in [1.82, 2.24) is 5.32 Å². The zero-order chi connectivity index (χ0) is 13.9. The molecule has 0 radical (unpaired) electrons. The maximum Gasteiger partial charge on any atom is 0.142 e. The molecule has 0 saturated heterocycles. The van der Waals surface area contributed by atoms with Gasteiger partial charge in [-0.3, -0.25) is 0 Å². The molecule has 0 amide bonds. The predicted molar refractivity (Wildman–Crippen MR) is 78.7 cm³/mol. The first-order valence-electron chi connectivity index (χ1n) is 6.87. The molecule has 1 aromatic rings. The molecule has 2 nitrogen and oxygen atoms in total. The fourth-order valence-electron chi connectivity index (χ4n) is 3.11. The average Bonchev–Trinajstić information content (AvgIpc) is 2.89. The Morgan fingerprint density at radius 2 is 2.11 bits per heavy atom. The van der Waals surface area contributed by atoms with Crippen LogP contribution in [0.2, 0.25) is 0 Å². The van der Waals surface area contributed by atoms with Crippen LogP contribution in [0.1, 0.15) is 44.2 Å². The minimum absolute atomic E-state index is 0.0949. The van der Waals surface area contributed by atoms with Gasteiger partial charge in [-0.15, -0.1) is 0 Å². The van der Waals surface area contributed by atoms with Crippen LogP contribution < -0.4 is 5.32 Å². The summed E-state index contributed by atoms with van der Waals surface area (Å²) in [5.74, 6) is -0.184. The van der Waals surface area contributed by atoms with Gasteiger partial charge in [0.05, 0.1) is 16.1 Å². The molecule has 19 heavy (non-hydrogen) atoms. The Labute approximate surface area is 122 Å². The standard InChI is InChI=1S/C15H21BrFNO/c1-3-18-14(15(19-2)9-4-5-10-15)11-7-6-8-12(16)13(11)17/h6-8,14,18H,3-5,9-10H2,1-2H3. The molecule has 0 aromatic heterocycles. The summed E-state index contributed by atoms with van der Waals surface area (Å²) in [6.45, 7) is 2.84. The maximum absolute atomic E-state index is 14.4. The minimum Gasteiger partial charge on any atom is -0.376 e. The smallest absolute Gasteiger partial charge is 0.142 e. The molecule has 1 saturated carbocycles. The van der Waals surface area contributed by atoms with Crippen molar-refractivity contribution >= 4 is 15.9 Å². The second-order valence-electron chi connectivity index (χ2n) is 5.11. The molecule has 1 atom stereocenters. The van der Waals surface area contributed by atoms with Crippen molar-refractivity contribution in [2.75, 3.05) is 13.7 Å². The second kappa shape index (κ2) is 6.33.